The molecular formula is C26H32N4O2. The van der Waals surface area contributed by atoms with Crippen molar-refractivity contribution >= 4 is 29.3 Å². The van der Waals surface area contributed by atoms with Crippen LogP contribution in [0.4, 0.5) is 11.4 Å². The lowest BCUT2D eigenvalue weighted by atomic mass is 10.1. The summed E-state index contributed by atoms with van der Waals surface area (Å²) >= 11 is 0. The number of piperazine rings is 1. The summed E-state index contributed by atoms with van der Waals surface area (Å²) in [5.74, 6) is -0.208. The molecule has 1 saturated heterocycles. The molecule has 1 aliphatic carbocycles. The Morgan fingerprint density at radius 3 is 2.38 bits per heavy atom. The SMILES string of the molecule is CCN1CCN(c2ccc(NC(=O)/C=C/c3ccc(C(=O)NC4CC4)cc3)c(C)c2)CC1. The number of benzene rings is 2. The van der Waals surface area contributed by atoms with E-state index in [-0.39, 0.29) is 11.8 Å². The standard InChI is InChI=1S/C26H32N4O2/c1-3-29-14-16-30(17-15-29)23-11-12-24(19(2)18-23)28-25(31)13-6-20-4-7-21(8-5-20)26(32)27-22-9-10-22/h4-8,11-13,18,22H,3,9-10,14-17H2,1-2H3,(H,27,32)(H,28,31)/b13-6+. The van der Waals surface area contributed by atoms with Crippen LogP contribution in [0.3, 0.4) is 0 Å². The van der Waals surface area contributed by atoms with E-state index in [0.29, 0.717) is 11.6 Å². The Balaban J connectivity index is 1.31. The van der Waals surface area contributed by atoms with Crippen LogP contribution >= 0.6 is 0 Å². The van der Waals surface area contributed by atoms with E-state index in [1.165, 1.54) is 11.8 Å². The van der Waals surface area contributed by atoms with Gasteiger partial charge in [0.2, 0.25) is 5.91 Å². The van der Waals surface area contributed by atoms with Gasteiger partial charge in [0.1, 0.15) is 0 Å². The third-order valence-electron chi connectivity index (χ3n) is 6.17. The second kappa shape index (κ2) is 10.0. The smallest absolute Gasteiger partial charge is 0.251 e. The molecule has 4 rings (SSSR count). The molecule has 0 bridgehead atoms. The molecule has 0 spiro atoms. The molecule has 6 nitrogen and oxygen atoms in total. The average molecular weight is 433 g/mol. The Bertz CT molecular complexity index is 987. The van der Waals surface area contributed by atoms with Gasteiger partial charge in [0, 0.05) is 55.2 Å². The lowest BCUT2D eigenvalue weighted by molar-refractivity contribution is -0.111. The lowest BCUT2D eigenvalue weighted by Gasteiger charge is -2.35. The van der Waals surface area contributed by atoms with E-state index in [0.717, 1.165) is 62.4 Å². The van der Waals surface area contributed by atoms with Crippen molar-refractivity contribution in [3.8, 4) is 0 Å². The second-order valence-electron chi connectivity index (χ2n) is 8.61. The van der Waals surface area contributed by atoms with E-state index >= 15 is 0 Å². The van der Waals surface area contributed by atoms with Crippen LogP contribution in [0.1, 0.15) is 41.3 Å². The summed E-state index contributed by atoms with van der Waals surface area (Å²) in [6.45, 7) is 9.57. The largest absolute Gasteiger partial charge is 0.369 e. The number of aryl methyl sites for hydroxylation is 1. The first-order chi connectivity index (χ1) is 15.5. The fourth-order valence-corrected chi connectivity index (χ4v) is 3.90. The summed E-state index contributed by atoms with van der Waals surface area (Å²) in [6, 6.07) is 13.8. The van der Waals surface area contributed by atoms with Crippen LogP contribution < -0.4 is 15.5 Å². The summed E-state index contributed by atoms with van der Waals surface area (Å²) in [4.78, 5) is 29.3. The molecule has 32 heavy (non-hydrogen) atoms. The van der Waals surface area contributed by atoms with E-state index in [4.69, 9.17) is 0 Å². The van der Waals surface area contributed by atoms with E-state index < -0.39 is 0 Å². The van der Waals surface area contributed by atoms with Crippen LogP contribution in [0.15, 0.2) is 48.5 Å². The van der Waals surface area contributed by atoms with Gasteiger partial charge in [-0.2, -0.15) is 0 Å². The molecular weight excluding hydrogens is 400 g/mol. The van der Waals surface area contributed by atoms with E-state index in [1.54, 1.807) is 18.2 Å². The Morgan fingerprint density at radius 2 is 1.75 bits per heavy atom. The molecule has 2 fully saturated rings. The molecule has 0 aromatic heterocycles. The Morgan fingerprint density at radius 1 is 1.03 bits per heavy atom. The quantitative estimate of drug-likeness (QED) is 0.655. The van der Waals surface area contributed by atoms with Crippen molar-refractivity contribution < 1.29 is 9.59 Å². The molecule has 2 N–H and O–H groups in total. The van der Waals surface area contributed by atoms with Crippen molar-refractivity contribution in [2.75, 3.05) is 42.9 Å². The van der Waals surface area contributed by atoms with E-state index in [2.05, 4.69) is 39.5 Å². The highest BCUT2D eigenvalue weighted by atomic mass is 16.2. The molecule has 0 atom stereocenters. The summed E-state index contributed by atoms with van der Waals surface area (Å²) < 4.78 is 0. The minimum Gasteiger partial charge on any atom is -0.369 e. The van der Waals surface area contributed by atoms with Gasteiger partial charge in [-0.3, -0.25) is 9.59 Å². The van der Waals surface area contributed by atoms with Crippen LogP contribution in [-0.4, -0.2) is 55.5 Å². The number of carbonyl (C=O) groups excluding carboxylic acids is 2. The zero-order valence-corrected chi connectivity index (χ0v) is 18.9. The third kappa shape index (κ3) is 5.77. The van der Waals surface area contributed by atoms with Gasteiger partial charge in [0.15, 0.2) is 0 Å². The molecule has 0 unspecified atom stereocenters. The van der Waals surface area contributed by atoms with Gasteiger partial charge >= 0.3 is 0 Å². The number of amides is 2. The first-order valence-electron chi connectivity index (χ1n) is 11.5. The molecule has 168 valence electrons. The third-order valence-corrected chi connectivity index (χ3v) is 6.17. The highest BCUT2D eigenvalue weighted by Gasteiger charge is 2.23. The van der Waals surface area contributed by atoms with Crippen LogP contribution in [0.25, 0.3) is 6.08 Å². The molecule has 1 heterocycles. The first kappa shape index (κ1) is 22.1. The molecule has 2 aliphatic rings. The summed E-state index contributed by atoms with van der Waals surface area (Å²) in [7, 11) is 0. The van der Waals surface area contributed by atoms with Gasteiger partial charge in [-0.1, -0.05) is 19.1 Å². The number of anilines is 2. The number of likely N-dealkylation sites (N-methyl/N-ethyl adjacent to an activating group) is 1. The number of hydrogen-bond acceptors (Lipinski definition) is 4. The second-order valence-corrected chi connectivity index (χ2v) is 8.61. The number of rotatable bonds is 7. The highest BCUT2D eigenvalue weighted by Crippen LogP contribution is 2.24. The maximum atomic E-state index is 12.4. The molecule has 1 aliphatic heterocycles. The zero-order valence-electron chi connectivity index (χ0n) is 18.9. The maximum absolute atomic E-state index is 12.4. The van der Waals surface area contributed by atoms with E-state index in [1.807, 2.05) is 25.1 Å². The number of nitrogens with zero attached hydrogens (tertiary/aromatic N) is 2. The number of nitrogens with one attached hydrogen (secondary N) is 2. The lowest BCUT2D eigenvalue weighted by Crippen LogP contribution is -2.46. The van der Waals surface area contributed by atoms with Crippen LogP contribution in [-0.2, 0) is 4.79 Å². The number of carbonyl (C=O) groups is 2. The Hall–Kier alpha value is -3.12. The fraction of sp³-hybridized carbons (Fsp3) is 0.385. The zero-order chi connectivity index (χ0) is 22.5. The summed E-state index contributed by atoms with van der Waals surface area (Å²) in [5.41, 5.74) is 4.60. The predicted molar refractivity (Wildman–Crippen MR) is 130 cm³/mol. The van der Waals surface area contributed by atoms with Crippen molar-refractivity contribution in [1.82, 2.24) is 10.2 Å². The van der Waals surface area contributed by atoms with Crippen molar-refractivity contribution in [1.29, 1.82) is 0 Å². The molecule has 6 heteroatoms. The van der Waals surface area contributed by atoms with Gasteiger partial charge in [-0.05, 0) is 73.8 Å². The van der Waals surface area contributed by atoms with Gasteiger partial charge < -0.3 is 20.4 Å². The predicted octanol–water partition coefficient (Wildman–Crippen LogP) is 3.68. The minimum atomic E-state index is -0.173. The molecule has 2 aromatic rings. The minimum absolute atomic E-state index is 0.0352. The molecule has 2 aromatic carbocycles. The summed E-state index contributed by atoms with van der Waals surface area (Å²) in [6.07, 6.45) is 5.42. The van der Waals surface area contributed by atoms with Crippen LogP contribution in [0.2, 0.25) is 0 Å². The van der Waals surface area contributed by atoms with Crippen molar-refractivity contribution in [3.05, 3.63) is 65.2 Å². The fourth-order valence-electron chi connectivity index (χ4n) is 3.90. The van der Waals surface area contributed by atoms with Gasteiger partial charge in [-0.25, -0.2) is 0 Å². The van der Waals surface area contributed by atoms with Gasteiger partial charge in [0.05, 0.1) is 0 Å². The highest BCUT2D eigenvalue weighted by molar-refractivity contribution is 6.02. The first-order valence-corrected chi connectivity index (χ1v) is 11.5. The maximum Gasteiger partial charge on any atom is 0.251 e. The van der Waals surface area contributed by atoms with E-state index in [9.17, 15) is 9.59 Å². The normalized spacial score (nSPS) is 16.9. The van der Waals surface area contributed by atoms with Crippen molar-refractivity contribution in [3.63, 3.8) is 0 Å². The van der Waals surface area contributed by atoms with Gasteiger partial charge in [-0.15, -0.1) is 0 Å². The topological polar surface area (TPSA) is 64.7 Å². The number of hydrogen-bond donors (Lipinski definition) is 2. The van der Waals surface area contributed by atoms with Crippen molar-refractivity contribution in [2.45, 2.75) is 32.7 Å². The Kier molecular flexibility index (Phi) is 6.90. The van der Waals surface area contributed by atoms with Crippen LogP contribution in [0, 0.1) is 6.92 Å². The Labute approximate surface area is 190 Å². The monoisotopic (exact) mass is 432 g/mol. The molecule has 1 saturated carbocycles. The average Bonchev–Trinajstić information content (AvgIpc) is 3.63. The van der Waals surface area contributed by atoms with Gasteiger partial charge in [0.25, 0.3) is 5.91 Å². The van der Waals surface area contributed by atoms with Crippen molar-refractivity contribution in [2.24, 2.45) is 0 Å². The molecule has 2 amide bonds. The summed E-state index contributed by atoms with van der Waals surface area (Å²) in [5, 5.41) is 5.94. The molecule has 0 radical (unpaired) electrons. The van der Waals surface area contributed by atoms with Crippen LogP contribution in [0.5, 0.6) is 0 Å².